The van der Waals surface area contributed by atoms with Crippen LogP contribution in [0, 0.1) is 12.8 Å². The van der Waals surface area contributed by atoms with E-state index < -0.39 is 0 Å². The van der Waals surface area contributed by atoms with E-state index in [-0.39, 0.29) is 6.10 Å². The van der Waals surface area contributed by atoms with Crippen LogP contribution in [0.1, 0.15) is 26.3 Å². The standard InChI is InChI=1S/C12H19NO/c1-8(2)10(4)14-12-7-5-6-11(13)9(12)3/h5-8,10H,13H2,1-4H3/t10-/m0/s1. The summed E-state index contributed by atoms with van der Waals surface area (Å²) >= 11 is 0. The molecule has 0 bridgehead atoms. The van der Waals surface area contributed by atoms with Crippen LogP contribution in [0.25, 0.3) is 0 Å². The van der Waals surface area contributed by atoms with Gasteiger partial charge < -0.3 is 10.5 Å². The molecule has 0 spiro atoms. The Kier molecular flexibility index (Phi) is 3.39. The van der Waals surface area contributed by atoms with Gasteiger partial charge in [-0.2, -0.15) is 0 Å². The molecule has 0 aromatic heterocycles. The SMILES string of the molecule is Cc1c(N)cccc1O[C@@H](C)C(C)C. The van der Waals surface area contributed by atoms with Gasteiger partial charge in [-0.1, -0.05) is 19.9 Å². The molecule has 1 aromatic carbocycles. The highest BCUT2D eigenvalue weighted by atomic mass is 16.5. The number of nitrogen functional groups attached to an aromatic ring is 1. The van der Waals surface area contributed by atoms with Gasteiger partial charge in [-0.15, -0.1) is 0 Å². The van der Waals surface area contributed by atoms with Crippen molar-refractivity contribution in [2.75, 3.05) is 5.73 Å². The van der Waals surface area contributed by atoms with Gasteiger partial charge in [-0.25, -0.2) is 0 Å². The summed E-state index contributed by atoms with van der Waals surface area (Å²) in [7, 11) is 0. The second-order valence-electron chi connectivity index (χ2n) is 4.04. The first-order chi connectivity index (χ1) is 6.52. The summed E-state index contributed by atoms with van der Waals surface area (Å²) in [4.78, 5) is 0. The molecule has 0 fully saturated rings. The molecule has 78 valence electrons. The largest absolute Gasteiger partial charge is 0.490 e. The van der Waals surface area contributed by atoms with Crippen molar-refractivity contribution in [2.45, 2.75) is 33.8 Å². The lowest BCUT2D eigenvalue weighted by Gasteiger charge is -2.19. The monoisotopic (exact) mass is 193 g/mol. The molecule has 2 nitrogen and oxygen atoms in total. The van der Waals surface area contributed by atoms with Crippen molar-refractivity contribution in [3.05, 3.63) is 23.8 Å². The highest BCUT2D eigenvalue weighted by Gasteiger charge is 2.10. The Morgan fingerprint density at radius 3 is 2.43 bits per heavy atom. The Morgan fingerprint density at radius 2 is 1.86 bits per heavy atom. The Hall–Kier alpha value is -1.18. The third-order valence-electron chi connectivity index (χ3n) is 2.58. The average molecular weight is 193 g/mol. The normalized spacial score (nSPS) is 12.9. The second kappa shape index (κ2) is 4.36. The quantitative estimate of drug-likeness (QED) is 0.749. The lowest BCUT2D eigenvalue weighted by Crippen LogP contribution is -2.19. The minimum atomic E-state index is 0.218. The van der Waals surface area contributed by atoms with Crippen molar-refractivity contribution in [2.24, 2.45) is 5.92 Å². The van der Waals surface area contributed by atoms with E-state index in [1.54, 1.807) is 0 Å². The molecular formula is C12H19NO. The highest BCUT2D eigenvalue weighted by Crippen LogP contribution is 2.25. The fourth-order valence-corrected chi connectivity index (χ4v) is 1.10. The predicted molar refractivity (Wildman–Crippen MR) is 60.5 cm³/mol. The molecule has 0 amide bonds. The van der Waals surface area contributed by atoms with Crippen LogP contribution in [0.5, 0.6) is 5.75 Å². The van der Waals surface area contributed by atoms with Crippen LogP contribution in [0.4, 0.5) is 5.69 Å². The Bertz CT molecular complexity index is 307. The summed E-state index contributed by atoms with van der Waals surface area (Å²) in [5.74, 6) is 1.40. The number of hydrogen-bond donors (Lipinski definition) is 1. The van der Waals surface area contributed by atoms with E-state index in [1.807, 2.05) is 25.1 Å². The smallest absolute Gasteiger partial charge is 0.124 e. The molecule has 0 saturated carbocycles. The number of hydrogen-bond acceptors (Lipinski definition) is 2. The molecule has 0 radical (unpaired) electrons. The zero-order valence-electron chi connectivity index (χ0n) is 9.37. The van der Waals surface area contributed by atoms with Crippen molar-refractivity contribution in [3.63, 3.8) is 0 Å². The van der Waals surface area contributed by atoms with Gasteiger partial charge in [-0.05, 0) is 31.9 Å². The van der Waals surface area contributed by atoms with Gasteiger partial charge in [0.15, 0.2) is 0 Å². The lowest BCUT2D eigenvalue weighted by atomic mass is 10.1. The summed E-state index contributed by atoms with van der Waals surface area (Å²) in [5, 5.41) is 0. The Morgan fingerprint density at radius 1 is 1.21 bits per heavy atom. The van der Waals surface area contributed by atoms with Crippen LogP contribution in [0.3, 0.4) is 0 Å². The van der Waals surface area contributed by atoms with Crippen LogP contribution in [-0.4, -0.2) is 6.10 Å². The molecule has 0 aliphatic carbocycles. The second-order valence-corrected chi connectivity index (χ2v) is 4.04. The fourth-order valence-electron chi connectivity index (χ4n) is 1.10. The van der Waals surface area contributed by atoms with E-state index in [0.717, 1.165) is 17.0 Å². The summed E-state index contributed by atoms with van der Waals surface area (Å²) in [6.07, 6.45) is 0.218. The number of anilines is 1. The number of nitrogens with two attached hydrogens (primary N) is 1. The predicted octanol–water partition coefficient (Wildman–Crippen LogP) is 3.00. The summed E-state index contributed by atoms with van der Waals surface area (Å²) in [6, 6.07) is 5.78. The third kappa shape index (κ3) is 2.41. The fraction of sp³-hybridized carbons (Fsp3) is 0.500. The van der Waals surface area contributed by atoms with Crippen molar-refractivity contribution >= 4 is 5.69 Å². The summed E-state index contributed by atoms with van der Waals surface area (Å²) in [6.45, 7) is 8.35. The molecule has 1 aromatic rings. The van der Waals surface area contributed by atoms with Crippen LogP contribution in [0.2, 0.25) is 0 Å². The molecule has 0 heterocycles. The zero-order chi connectivity index (χ0) is 10.7. The van der Waals surface area contributed by atoms with E-state index in [1.165, 1.54) is 0 Å². The van der Waals surface area contributed by atoms with Gasteiger partial charge in [0.2, 0.25) is 0 Å². The maximum Gasteiger partial charge on any atom is 0.124 e. The molecule has 0 aliphatic rings. The number of benzene rings is 1. The van der Waals surface area contributed by atoms with Crippen LogP contribution in [0.15, 0.2) is 18.2 Å². The molecule has 2 heteroatoms. The molecule has 0 unspecified atom stereocenters. The minimum Gasteiger partial charge on any atom is -0.490 e. The van der Waals surface area contributed by atoms with Crippen molar-refractivity contribution < 1.29 is 4.74 Å². The molecule has 2 N–H and O–H groups in total. The third-order valence-corrected chi connectivity index (χ3v) is 2.58. The zero-order valence-corrected chi connectivity index (χ0v) is 9.37. The maximum absolute atomic E-state index is 5.81. The van der Waals surface area contributed by atoms with Gasteiger partial charge in [0.25, 0.3) is 0 Å². The number of ether oxygens (including phenoxy) is 1. The van der Waals surface area contributed by atoms with Crippen molar-refractivity contribution in [1.82, 2.24) is 0 Å². The topological polar surface area (TPSA) is 35.2 Å². The maximum atomic E-state index is 5.81. The van der Waals surface area contributed by atoms with E-state index in [0.29, 0.717) is 5.92 Å². The van der Waals surface area contributed by atoms with Gasteiger partial charge in [0.05, 0.1) is 6.10 Å². The molecule has 0 saturated heterocycles. The van der Waals surface area contributed by atoms with Crippen molar-refractivity contribution in [1.29, 1.82) is 0 Å². The van der Waals surface area contributed by atoms with E-state index in [2.05, 4.69) is 20.8 Å². The van der Waals surface area contributed by atoms with E-state index in [4.69, 9.17) is 10.5 Å². The van der Waals surface area contributed by atoms with E-state index >= 15 is 0 Å². The van der Waals surface area contributed by atoms with E-state index in [9.17, 15) is 0 Å². The Labute approximate surface area is 86.1 Å². The molecular weight excluding hydrogens is 174 g/mol. The van der Waals surface area contributed by atoms with Crippen LogP contribution >= 0.6 is 0 Å². The van der Waals surface area contributed by atoms with Gasteiger partial charge >= 0.3 is 0 Å². The number of rotatable bonds is 3. The average Bonchev–Trinajstić information content (AvgIpc) is 2.12. The van der Waals surface area contributed by atoms with Crippen LogP contribution < -0.4 is 10.5 Å². The minimum absolute atomic E-state index is 0.218. The van der Waals surface area contributed by atoms with Gasteiger partial charge in [-0.3, -0.25) is 0 Å². The van der Waals surface area contributed by atoms with Crippen LogP contribution in [-0.2, 0) is 0 Å². The Balaban J connectivity index is 2.82. The summed E-state index contributed by atoms with van der Waals surface area (Å²) in [5.41, 5.74) is 7.61. The van der Waals surface area contributed by atoms with Crippen molar-refractivity contribution in [3.8, 4) is 5.75 Å². The highest BCUT2D eigenvalue weighted by molar-refractivity contribution is 5.53. The van der Waals surface area contributed by atoms with Gasteiger partial charge in [0.1, 0.15) is 5.75 Å². The first kappa shape index (κ1) is 10.9. The molecule has 1 atom stereocenters. The first-order valence-corrected chi connectivity index (χ1v) is 5.04. The lowest BCUT2D eigenvalue weighted by molar-refractivity contribution is 0.169. The molecule has 1 rings (SSSR count). The first-order valence-electron chi connectivity index (χ1n) is 5.04. The summed E-state index contributed by atoms with van der Waals surface area (Å²) < 4.78 is 5.81. The van der Waals surface area contributed by atoms with Gasteiger partial charge in [0, 0.05) is 11.3 Å². The molecule has 0 aliphatic heterocycles. The molecule has 14 heavy (non-hydrogen) atoms.